The summed E-state index contributed by atoms with van der Waals surface area (Å²) in [4.78, 5) is 11.6. The molecule has 0 unspecified atom stereocenters. The third-order valence-corrected chi connectivity index (χ3v) is 2.85. The minimum Gasteiger partial charge on any atom is -0.314 e. The van der Waals surface area contributed by atoms with E-state index in [0.29, 0.717) is 5.02 Å². The summed E-state index contributed by atoms with van der Waals surface area (Å²) in [5.74, 6) is -0.488. The SMILES string of the molecule is O=C(N/C=C/c1ccccc1Cl)Nc1ccccc1F. The van der Waals surface area contributed by atoms with Crippen LogP contribution < -0.4 is 10.6 Å². The molecule has 102 valence electrons. The number of benzene rings is 2. The van der Waals surface area contributed by atoms with Gasteiger partial charge < -0.3 is 10.6 Å². The first-order valence-electron chi connectivity index (χ1n) is 5.90. The van der Waals surface area contributed by atoms with Crippen LogP contribution in [-0.2, 0) is 0 Å². The Bertz CT molecular complexity index is 643. The van der Waals surface area contributed by atoms with Crippen LogP contribution in [0, 0.1) is 5.82 Å². The molecule has 2 aromatic carbocycles. The zero-order chi connectivity index (χ0) is 14.4. The van der Waals surface area contributed by atoms with E-state index < -0.39 is 11.8 Å². The first-order chi connectivity index (χ1) is 9.66. The molecule has 0 radical (unpaired) electrons. The van der Waals surface area contributed by atoms with E-state index in [1.165, 1.54) is 18.3 Å². The van der Waals surface area contributed by atoms with Gasteiger partial charge in [-0.25, -0.2) is 9.18 Å². The molecule has 0 aliphatic heterocycles. The van der Waals surface area contributed by atoms with Crippen LogP contribution in [0.25, 0.3) is 6.08 Å². The van der Waals surface area contributed by atoms with Crippen molar-refractivity contribution in [1.29, 1.82) is 0 Å². The summed E-state index contributed by atoms with van der Waals surface area (Å²) in [5, 5.41) is 5.46. The van der Waals surface area contributed by atoms with Gasteiger partial charge in [0.15, 0.2) is 0 Å². The molecule has 20 heavy (non-hydrogen) atoms. The third kappa shape index (κ3) is 3.83. The molecule has 0 heterocycles. The summed E-state index contributed by atoms with van der Waals surface area (Å²) in [7, 11) is 0. The van der Waals surface area contributed by atoms with E-state index in [0.717, 1.165) is 5.56 Å². The molecular formula is C15H12ClFN2O. The Balaban J connectivity index is 1.93. The van der Waals surface area contributed by atoms with Crippen molar-refractivity contribution in [3.05, 3.63) is 71.1 Å². The lowest BCUT2D eigenvalue weighted by atomic mass is 10.2. The highest BCUT2D eigenvalue weighted by atomic mass is 35.5. The molecule has 2 rings (SSSR count). The van der Waals surface area contributed by atoms with Gasteiger partial charge in [0.2, 0.25) is 0 Å². The van der Waals surface area contributed by atoms with Crippen molar-refractivity contribution in [2.45, 2.75) is 0 Å². The quantitative estimate of drug-likeness (QED) is 0.871. The fourth-order valence-corrected chi connectivity index (χ4v) is 1.74. The number of rotatable bonds is 3. The van der Waals surface area contributed by atoms with E-state index in [1.54, 1.807) is 24.3 Å². The molecule has 3 nitrogen and oxygen atoms in total. The van der Waals surface area contributed by atoms with Crippen LogP contribution in [0.15, 0.2) is 54.7 Å². The molecule has 0 aliphatic rings. The molecule has 0 bridgehead atoms. The minimum atomic E-state index is -0.529. The monoisotopic (exact) mass is 290 g/mol. The minimum absolute atomic E-state index is 0.121. The second kappa shape index (κ2) is 6.73. The van der Waals surface area contributed by atoms with Crippen molar-refractivity contribution in [2.75, 3.05) is 5.32 Å². The Labute approximate surface area is 121 Å². The van der Waals surface area contributed by atoms with Crippen LogP contribution in [0.5, 0.6) is 0 Å². The van der Waals surface area contributed by atoms with Crippen molar-refractivity contribution in [1.82, 2.24) is 5.32 Å². The predicted molar refractivity (Wildman–Crippen MR) is 79.0 cm³/mol. The van der Waals surface area contributed by atoms with Crippen LogP contribution in [0.2, 0.25) is 5.02 Å². The number of anilines is 1. The standard InChI is InChI=1S/C15H12ClFN2O/c16-12-6-2-1-5-11(12)9-10-18-15(20)19-14-8-4-3-7-13(14)17/h1-10H,(H2,18,19,20)/b10-9+. The average molecular weight is 291 g/mol. The van der Waals surface area contributed by atoms with Gasteiger partial charge >= 0.3 is 6.03 Å². The molecule has 0 fully saturated rings. The van der Waals surface area contributed by atoms with Crippen molar-refractivity contribution in [3.63, 3.8) is 0 Å². The van der Waals surface area contributed by atoms with Gasteiger partial charge in [-0.3, -0.25) is 0 Å². The smallest absolute Gasteiger partial charge is 0.314 e. The van der Waals surface area contributed by atoms with E-state index in [2.05, 4.69) is 10.6 Å². The number of hydrogen-bond acceptors (Lipinski definition) is 1. The number of halogens is 2. The normalized spacial score (nSPS) is 10.5. The van der Waals surface area contributed by atoms with E-state index >= 15 is 0 Å². The average Bonchev–Trinajstić information content (AvgIpc) is 2.43. The van der Waals surface area contributed by atoms with Gasteiger partial charge in [-0.1, -0.05) is 41.9 Å². The van der Waals surface area contributed by atoms with Gasteiger partial charge in [0, 0.05) is 11.2 Å². The van der Waals surface area contributed by atoms with Crippen molar-refractivity contribution in [3.8, 4) is 0 Å². The predicted octanol–water partition coefficient (Wildman–Crippen LogP) is 4.27. The summed E-state index contributed by atoms with van der Waals surface area (Å²) < 4.78 is 13.3. The maximum Gasteiger partial charge on any atom is 0.323 e. The zero-order valence-electron chi connectivity index (χ0n) is 10.4. The Morgan fingerprint density at radius 3 is 2.55 bits per heavy atom. The molecular weight excluding hydrogens is 279 g/mol. The van der Waals surface area contributed by atoms with E-state index in [4.69, 9.17) is 11.6 Å². The van der Waals surface area contributed by atoms with Gasteiger partial charge in [-0.15, -0.1) is 0 Å². The third-order valence-electron chi connectivity index (χ3n) is 2.50. The van der Waals surface area contributed by atoms with E-state index in [1.807, 2.05) is 18.2 Å². The number of carbonyl (C=O) groups is 1. The molecule has 5 heteroatoms. The topological polar surface area (TPSA) is 41.1 Å². The lowest BCUT2D eigenvalue weighted by molar-refractivity contribution is 0.255. The van der Waals surface area contributed by atoms with Crippen molar-refractivity contribution < 1.29 is 9.18 Å². The summed E-state index contributed by atoms with van der Waals surface area (Å²) in [6.45, 7) is 0. The first kappa shape index (κ1) is 14.1. The van der Waals surface area contributed by atoms with Crippen LogP contribution in [0.4, 0.5) is 14.9 Å². The fourth-order valence-electron chi connectivity index (χ4n) is 1.54. The van der Waals surface area contributed by atoms with E-state index in [-0.39, 0.29) is 5.69 Å². The van der Waals surface area contributed by atoms with Crippen molar-refractivity contribution >= 4 is 29.4 Å². The summed E-state index contributed by atoms with van der Waals surface area (Å²) in [5.41, 5.74) is 0.900. The molecule has 0 spiro atoms. The lowest BCUT2D eigenvalue weighted by Gasteiger charge is -2.05. The Morgan fingerprint density at radius 1 is 1.10 bits per heavy atom. The molecule has 0 saturated heterocycles. The lowest BCUT2D eigenvalue weighted by Crippen LogP contribution is -2.24. The van der Waals surface area contributed by atoms with Crippen molar-refractivity contribution in [2.24, 2.45) is 0 Å². The second-order valence-electron chi connectivity index (χ2n) is 3.93. The molecule has 0 aliphatic carbocycles. The first-order valence-corrected chi connectivity index (χ1v) is 6.28. The highest BCUT2D eigenvalue weighted by Crippen LogP contribution is 2.16. The number of urea groups is 1. The van der Waals surface area contributed by atoms with Gasteiger partial charge in [0.1, 0.15) is 5.82 Å². The van der Waals surface area contributed by atoms with Crippen LogP contribution in [-0.4, -0.2) is 6.03 Å². The highest BCUT2D eigenvalue weighted by Gasteiger charge is 2.03. The highest BCUT2D eigenvalue weighted by molar-refractivity contribution is 6.32. The Morgan fingerprint density at radius 2 is 1.80 bits per heavy atom. The van der Waals surface area contributed by atoms with Crippen LogP contribution in [0.3, 0.4) is 0 Å². The molecule has 0 atom stereocenters. The molecule has 2 N–H and O–H groups in total. The summed E-state index contributed by atoms with van der Waals surface area (Å²) >= 11 is 5.96. The maximum atomic E-state index is 13.3. The van der Waals surface area contributed by atoms with Gasteiger partial charge in [0.05, 0.1) is 5.69 Å². The van der Waals surface area contributed by atoms with E-state index in [9.17, 15) is 9.18 Å². The fraction of sp³-hybridized carbons (Fsp3) is 0. The zero-order valence-corrected chi connectivity index (χ0v) is 11.2. The number of carbonyl (C=O) groups excluding carboxylic acids is 1. The maximum absolute atomic E-state index is 13.3. The second-order valence-corrected chi connectivity index (χ2v) is 4.34. The Kier molecular flexibility index (Phi) is 4.74. The molecule has 0 aromatic heterocycles. The Hall–Kier alpha value is -2.33. The summed E-state index contributed by atoms with van der Waals surface area (Å²) in [6.07, 6.45) is 3.10. The number of nitrogens with one attached hydrogen (secondary N) is 2. The number of para-hydroxylation sites is 1. The molecule has 0 saturated carbocycles. The number of amides is 2. The summed E-state index contributed by atoms with van der Waals surface area (Å²) in [6, 6.07) is 12.6. The van der Waals surface area contributed by atoms with Gasteiger partial charge in [-0.05, 0) is 29.8 Å². The van der Waals surface area contributed by atoms with Crippen LogP contribution in [0.1, 0.15) is 5.56 Å². The number of hydrogen-bond donors (Lipinski definition) is 2. The molecule has 2 amide bonds. The molecule has 2 aromatic rings. The largest absolute Gasteiger partial charge is 0.323 e. The van der Waals surface area contributed by atoms with Crippen LogP contribution >= 0.6 is 11.6 Å². The van der Waals surface area contributed by atoms with Gasteiger partial charge in [-0.2, -0.15) is 0 Å². The van der Waals surface area contributed by atoms with Gasteiger partial charge in [0.25, 0.3) is 0 Å².